The second kappa shape index (κ2) is 6.17. The minimum absolute atomic E-state index is 0.369. The van der Waals surface area contributed by atoms with Crippen molar-refractivity contribution in [3.63, 3.8) is 0 Å². The van der Waals surface area contributed by atoms with Gasteiger partial charge >= 0.3 is 0 Å². The zero-order valence-electron chi connectivity index (χ0n) is 10.4. The van der Waals surface area contributed by atoms with Gasteiger partial charge in [0.15, 0.2) is 0 Å². The van der Waals surface area contributed by atoms with Crippen LogP contribution < -0.4 is 11.1 Å². The van der Waals surface area contributed by atoms with Gasteiger partial charge in [0.25, 0.3) is 0 Å². The van der Waals surface area contributed by atoms with Crippen molar-refractivity contribution in [1.29, 1.82) is 0 Å². The number of rotatable bonds is 5. The van der Waals surface area contributed by atoms with E-state index in [1.165, 1.54) is 24.1 Å². The first-order valence-corrected chi connectivity index (χ1v) is 7.29. The maximum absolute atomic E-state index is 6.05. The standard InChI is InChI=1S/C13H21N3S/c1-2-3-4-12-7-10(9-17-12)13(14)16-11-5-6-15-8-11/h7,9,11,15H,2-6,8H2,1H3,(H2,14,16). The van der Waals surface area contributed by atoms with Crippen molar-refractivity contribution < 1.29 is 0 Å². The summed E-state index contributed by atoms with van der Waals surface area (Å²) >= 11 is 1.80. The number of nitrogens with zero attached hydrogens (tertiary/aromatic N) is 1. The van der Waals surface area contributed by atoms with Gasteiger partial charge < -0.3 is 11.1 Å². The number of nitrogens with two attached hydrogens (primary N) is 1. The predicted octanol–water partition coefficient (Wildman–Crippen LogP) is 2.16. The highest BCUT2D eigenvalue weighted by Crippen LogP contribution is 2.17. The number of thiophene rings is 1. The first kappa shape index (κ1) is 12.6. The molecule has 1 aromatic heterocycles. The first-order valence-electron chi connectivity index (χ1n) is 6.41. The Labute approximate surface area is 107 Å². The highest BCUT2D eigenvalue weighted by Gasteiger charge is 2.14. The van der Waals surface area contributed by atoms with Crippen molar-refractivity contribution in [2.75, 3.05) is 13.1 Å². The Balaban J connectivity index is 1.98. The zero-order chi connectivity index (χ0) is 12.1. The number of aryl methyl sites for hydroxylation is 1. The molecular formula is C13H21N3S. The SMILES string of the molecule is CCCCc1cc(C(N)=NC2CCNC2)cs1. The lowest BCUT2D eigenvalue weighted by Crippen LogP contribution is -2.19. The molecule has 3 N–H and O–H groups in total. The van der Waals surface area contributed by atoms with Crippen LogP contribution in [0.1, 0.15) is 36.6 Å². The van der Waals surface area contributed by atoms with E-state index in [0.29, 0.717) is 11.9 Å². The number of amidine groups is 1. The minimum atomic E-state index is 0.369. The largest absolute Gasteiger partial charge is 0.383 e. The molecule has 4 heteroatoms. The Morgan fingerprint density at radius 2 is 2.53 bits per heavy atom. The van der Waals surface area contributed by atoms with Crippen LogP contribution in [0.4, 0.5) is 0 Å². The summed E-state index contributed by atoms with van der Waals surface area (Å²) in [5, 5.41) is 5.43. The van der Waals surface area contributed by atoms with Crippen molar-refractivity contribution in [1.82, 2.24) is 5.32 Å². The van der Waals surface area contributed by atoms with E-state index in [4.69, 9.17) is 5.73 Å². The van der Waals surface area contributed by atoms with Crippen LogP contribution in [0.2, 0.25) is 0 Å². The number of hydrogen-bond acceptors (Lipinski definition) is 3. The van der Waals surface area contributed by atoms with Crippen LogP contribution in [0.5, 0.6) is 0 Å². The predicted molar refractivity (Wildman–Crippen MR) is 74.9 cm³/mol. The quantitative estimate of drug-likeness (QED) is 0.622. The topological polar surface area (TPSA) is 50.4 Å². The van der Waals surface area contributed by atoms with Crippen molar-refractivity contribution in [3.8, 4) is 0 Å². The molecule has 2 heterocycles. The lowest BCUT2D eigenvalue weighted by atomic mass is 10.2. The first-order chi connectivity index (χ1) is 8.29. The van der Waals surface area contributed by atoms with Gasteiger partial charge in [-0.15, -0.1) is 11.3 Å². The molecule has 1 fully saturated rings. The summed E-state index contributed by atoms with van der Waals surface area (Å²) in [5.41, 5.74) is 7.15. The fourth-order valence-corrected chi connectivity index (χ4v) is 2.94. The molecule has 0 spiro atoms. The van der Waals surface area contributed by atoms with E-state index in [0.717, 1.165) is 25.1 Å². The molecule has 1 atom stereocenters. The van der Waals surface area contributed by atoms with Crippen LogP contribution >= 0.6 is 11.3 Å². The Hall–Kier alpha value is -0.870. The molecule has 1 aliphatic rings. The van der Waals surface area contributed by atoms with E-state index in [-0.39, 0.29) is 0 Å². The second-order valence-corrected chi connectivity index (χ2v) is 5.56. The van der Waals surface area contributed by atoms with Crippen LogP contribution in [-0.4, -0.2) is 25.0 Å². The summed E-state index contributed by atoms with van der Waals surface area (Å²) in [5.74, 6) is 0.706. The van der Waals surface area contributed by atoms with Crippen LogP contribution in [0.3, 0.4) is 0 Å². The van der Waals surface area contributed by atoms with Gasteiger partial charge in [0.2, 0.25) is 0 Å². The van der Waals surface area contributed by atoms with Gasteiger partial charge in [0.1, 0.15) is 5.84 Å². The normalized spacial score (nSPS) is 21.0. The summed E-state index contributed by atoms with van der Waals surface area (Å²) in [6.07, 6.45) is 4.76. The molecule has 0 saturated carbocycles. The van der Waals surface area contributed by atoms with Crippen LogP contribution in [0.15, 0.2) is 16.4 Å². The monoisotopic (exact) mass is 251 g/mol. The van der Waals surface area contributed by atoms with Crippen molar-refractivity contribution in [2.24, 2.45) is 10.7 Å². The van der Waals surface area contributed by atoms with Crippen LogP contribution in [0, 0.1) is 0 Å². The second-order valence-electron chi connectivity index (χ2n) is 4.57. The molecule has 3 nitrogen and oxygen atoms in total. The fourth-order valence-electron chi connectivity index (χ4n) is 2.02. The van der Waals surface area contributed by atoms with Crippen molar-refractivity contribution in [3.05, 3.63) is 21.9 Å². The zero-order valence-corrected chi connectivity index (χ0v) is 11.2. The Bertz CT molecular complexity index is 378. The van der Waals surface area contributed by atoms with Crippen LogP contribution in [-0.2, 0) is 6.42 Å². The third kappa shape index (κ3) is 3.54. The van der Waals surface area contributed by atoms with Gasteiger partial charge in [-0.25, -0.2) is 0 Å². The van der Waals surface area contributed by atoms with Gasteiger partial charge in [0, 0.05) is 22.4 Å². The molecule has 0 amide bonds. The summed E-state index contributed by atoms with van der Waals surface area (Å²) in [6, 6.07) is 2.57. The number of unbranched alkanes of at least 4 members (excludes halogenated alkanes) is 1. The van der Waals surface area contributed by atoms with Crippen molar-refractivity contribution in [2.45, 2.75) is 38.6 Å². The highest BCUT2D eigenvalue weighted by atomic mass is 32.1. The molecule has 17 heavy (non-hydrogen) atoms. The maximum atomic E-state index is 6.05. The Morgan fingerprint density at radius 1 is 1.65 bits per heavy atom. The van der Waals surface area contributed by atoms with E-state index in [9.17, 15) is 0 Å². The van der Waals surface area contributed by atoms with Gasteiger partial charge in [0.05, 0.1) is 6.04 Å². The highest BCUT2D eigenvalue weighted by molar-refractivity contribution is 7.10. The Kier molecular flexibility index (Phi) is 4.57. The van der Waals surface area contributed by atoms with Gasteiger partial charge in [-0.2, -0.15) is 0 Å². The molecule has 0 aliphatic carbocycles. The third-order valence-electron chi connectivity index (χ3n) is 3.08. The lowest BCUT2D eigenvalue weighted by Gasteiger charge is -2.03. The smallest absolute Gasteiger partial charge is 0.126 e. The van der Waals surface area contributed by atoms with Gasteiger partial charge in [-0.1, -0.05) is 13.3 Å². The molecule has 0 radical (unpaired) electrons. The molecule has 0 bridgehead atoms. The van der Waals surface area contributed by atoms with E-state index >= 15 is 0 Å². The molecule has 94 valence electrons. The minimum Gasteiger partial charge on any atom is -0.383 e. The molecule has 1 saturated heterocycles. The average molecular weight is 251 g/mol. The molecule has 2 rings (SSSR count). The number of nitrogens with one attached hydrogen (secondary N) is 1. The summed E-state index contributed by atoms with van der Waals surface area (Å²) in [4.78, 5) is 6.00. The molecular weight excluding hydrogens is 230 g/mol. The summed E-state index contributed by atoms with van der Waals surface area (Å²) in [7, 11) is 0. The van der Waals surface area contributed by atoms with Gasteiger partial charge in [-0.05, 0) is 31.9 Å². The molecule has 1 aliphatic heterocycles. The van der Waals surface area contributed by atoms with E-state index in [1.807, 2.05) is 0 Å². The Morgan fingerprint density at radius 3 is 3.24 bits per heavy atom. The summed E-state index contributed by atoms with van der Waals surface area (Å²) in [6.45, 7) is 4.25. The molecule has 1 aromatic rings. The average Bonchev–Trinajstić information content (AvgIpc) is 2.96. The van der Waals surface area contributed by atoms with Gasteiger partial charge in [-0.3, -0.25) is 4.99 Å². The van der Waals surface area contributed by atoms with E-state index in [1.54, 1.807) is 11.3 Å². The van der Waals surface area contributed by atoms with Crippen molar-refractivity contribution >= 4 is 17.2 Å². The molecule has 0 aromatic carbocycles. The fraction of sp³-hybridized carbons (Fsp3) is 0.615. The van der Waals surface area contributed by atoms with E-state index < -0.39 is 0 Å². The lowest BCUT2D eigenvalue weighted by molar-refractivity contribution is 0.743. The van der Waals surface area contributed by atoms with Crippen LogP contribution in [0.25, 0.3) is 0 Å². The van der Waals surface area contributed by atoms with E-state index in [2.05, 4.69) is 28.7 Å². The third-order valence-corrected chi connectivity index (χ3v) is 4.08. The summed E-state index contributed by atoms with van der Waals surface area (Å²) < 4.78 is 0. The maximum Gasteiger partial charge on any atom is 0.126 e. The molecule has 1 unspecified atom stereocenters. The number of hydrogen-bond donors (Lipinski definition) is 2. The number of aliphatic imine (C=N–C) groups is 1.